The van der Waals surface area contributed by atoms with E-state index in [4.69, 9.17) is 12.2 Å². The Kier molecular flexibility index (Phi) is 6.16. The van der Waals surface area contributed by atoms with Crippen LogP contribution in [0, 0.1) is 6.92 Å². The standard InChI is InChI=1S/C18H26N4S/c1-5-13(3)15-7-9-17(10-8-15)21-18(23)19-11-16-12-20-22(6-2)14(16)4/h7-10,12-13H,5-6,11H2,1-4H3,(H2,19,21,23). The van der Waals surface area contributed by atoms with Gasteiger partial charge in [-0.05, 0) is 56.1 Å². The molecule has 0 fully saturated rings. The Balaban J connectivity index is 1.88. The average Bonchev–Trinajstić information content (AvgIpc) is 2.93. The van der Waals surface area contributed by atoms with Crippen LogP contribution in [0.5, 0.6) is 0 Å². The van der Waals surface area contributed by atoms with E-state index in [-0.39, 0.29) is 0 Å². The lowest BCUT2D eigenvalue weighted by molar-refractivity contribution is 0.638. The van der Waals surface area contributed by atoms with Crippen molar-refractivity contribution in [3.63, 3.8) is 0 Å². The third-order valence-corrected chi connectivity index (χ3v) is 4.54. The first-order chi connectivity index (χ1) is 11.0. The monoisotopic (exact) mass is 330 g/mol. The normalized spacial score (nSPS) is 12.0. The predicted octanol–water partition coefficient (Wildman–Crippen LogP) is 4.21. The van der Waals surface area contributed by atoms with Crippen molar-refractivity contribution in [3.8, 4) is 0 Å². The van der Waals surface area contributed by atoms with Crippen molar-refractivity contribution in [1.82, 2.24) is 15.1 Å². The molecule has 23 heavy (non-hydrogen) atoms. The number of aromatic nitrogens is 2. The minimum atomic E-state index is 0.590. The van der Waals surface area contributed by atoms with Gasteiger partial charge >= 0.3 is 0 Å². The highest BCUT2D eigenvalue weighted by molar-refractivity contribution is 7.80. The van der Waals surface area contributed by atoms with Gasteiger partial charge in [-0.25, -0.2) is 0 Å². The van der Waals surface area contributed by atoms with E-state index in [0.717, 1.165) is 18.7 Å². The number of rotatable bonds is 6. The third-order valence-electron chi connectivity index (χ3n) is 4.29. The SMILES string of the molecule is CCC(C)c1ccc(NC(=S)NCc2cnn(CC)c2C)cc1. The summed E-state index contributed by atoms with van der Waals surface area (Å²) in [5.74, 6) is 0.590. The van der Waals surface area contributed by atoms with Gasteiger partial charge in [0.2, 0.25) is 0 Å². The van der Waals surface area contributed by atoms with Gasteiger partial charge in [-0.3, -0.25) is 4.68 Å². The number of benzene rings is 1. The van der Waals surface area contributed by atoms with Gasteiger partial charge in [-0.2, -0.15) is 5.10 Å². The van der Waals surface area contributed by atoms with Gasteiger partial charge < -0.3 is 10.6 Å². The highest BCUT2D eigenvalue weighted by atomic mass is 32.1. The van der Waals surface area contributed by atoms with Crippen LogP contribution in [0.15, 0.2) is 30.5 Å². The largest absolute Gasteiger partial charge is 0.358 e. The van der Waals surface area contributed by atoms with E-state index in [2.05, 4.69) is 67.7 Å². The first kappa shape index (κ1) is 17.5. The molecule has 124 valence electrons. The van der Waals surface area contributed by atoms with Gasteiger partial charge in [0, 0.05) is 30.0 Å². The predicted molar refractivity (Wildman–Crippen MR) is 101 cm³/mol. The molecule has 2 N–H and O–H groups in total. The lowest BCUT2D eigenvalue weighted by Crippen LogP contribution is -2.28. The van der Waals surface area contributed by atoms with Crippen molar-refractivity contribution in [2.24, 2.45) is 0 Å². The van der Waals surface area contributed by atoms with Crippen molar-refractivity contribution in [1.29, 1.82) is 0 Å². The number of thiocarbonyl (C=S) groups is 1. The summed E-state index contributed by atoms with van der Waals surface area (Å²) in [5, 5.41) is 11.4. The van der Waals surface area contributed by atoms with Gasteiger partial charge in [0.05, 0.1) is 6.20 Å². The quantitative estimate of drug-likeness (QED) is 0.779. The number of hydrogen-bond acceptors (Lipinski definition) is 2. The maximum Gasteiger partial charge on any atom is 0.171 e. The molecule has 2 aromatic rings. The molecule has 2 rings (SSSR count). The lowest BCUT2D eigenvalue weighted by Gasteiger charge is -2.13. The molecular formula is C18H26N4S. The number of anilines is 1. The second-order valence-corrected chi connectivity index (χ2v) is 6.22. The molecule has 0 aliphatic carbocycles. The van der Waals surface area contributed by atoms with E-state index in [0.29, 0.717) is 17.6 Å². The zero-order valence-electron chi connectivity index (χ0n) is 14.4. The molecule has 0 radical (unpaired) electrons. The van der Waals surface area contributed by atoms with E-state index < -0.39 is 0 Å². The summed E-state index contributed by atoms with van der Waals surface area (Å²) in [6, 6.07) is 8.48. The van der Waals surface area contributed by atoms with Crippen molar-refractivity contribution >= 4 is 23.0 Å². The highest BCUT2D eigenvalue weighted by Crippen LogP contribution is 2.20. The van der Waals surface area contributed by atoms with Crippen LogP contribution in [0.1, 0.15) is 49.9 Å². The molecule has 0 saturated heterocycles. The van der Waals surface area contributed by atoms with Gasteiger partial charge in [0.15, 0.2) is 5.11 Å². The molecule has 1 unspecified atom stereocenters. The fourth-order valence-electron chi connectivity index (χ4n) is 2.46. The van der Waals surface area contributed by atoms with Crippen LogP contribution in [0.25, 0.3) is 0 Å². The zero-order valence-corrected chi connectivity index (χ0v) is 15.2. The smallest absolute Gasteiger partial charge is 0.171 e. The fourth-order valence-corrected chi connectivity index (χ4v) is 2.65. The maximum absolute atomic E-state index is 5.37. The van der Waals surface area contributed by atoms with Crippen LogP contribution in [-0.2, 0) is 13.1 Å². The second-order valence-electron chi connectivity index (χ2n) is 5.81. The van der Waals surface area contributed by atoms with Crippen LogP contribution in [0.3, 0.4) is 0 Å². The molecule has 0 saturated carbocycles. The van der Waals surface area contributed by atoms with Crippen LogP contribution < -0.4 is 10.6 Å². The number of nitrogens with one attached hydrogen (secondary N) is 2. The molecule has 0 aliphatic heterocycles. The minimum absolute atomic E-state index is 0.590. The molecule has 4 nitrogen and oxygen atoms in total. The molecule has 0 spiro atoms. The molecule has 5 heteroatoms. The first-order valence-electron chi connectivity index (χ1n) is 8.21. The summed E-state index contributed by atoms with van der Waals surface area (Å²) in [6.45, 7) is 10.2. The molecule has 1 aromatic heterocycles. The van der Waals surface area contributed by atoms with Gasteiger partial charge in [-0.15, -0.1) is 0 Å². The van der Waals surface area contributed by atoms with Crippen molar-refractivity contribution in [2.45, 2.75) is 53.1 Å². The Labute approximate surface area is 144 Å². The summed E-state index contributed by atoms with van der Waals surface area (Å²) >= 11 is 5.37. The third kappa shape index (κ3) is 4.55. The summed E-state index contributed by atoms with van der Waals surface area (Å²) in [6.07, 6.45) is 3.05. The Hall–Kier alpha value is -1.88. The molecule has 1 aromatic carbocycles. The zero-order chi connectivity index (χ0) is 16.8. The van der Waals surface area contributed by atoms with Gasteiger partial charge in [-0.1, -0.05) is 26.0 Å². The van der Waals surface area contributed by atoms with Crippen LogP contribution in [-0.4, -0.2) is 14.9 Å². The Morgan fingerprint density at radius 1 is 1.26 bits per heavy atom. The summed E-state index contributed by atoms with van der Waals surface area (Å²) in [7, 11) is 0. The second kappa shape index (κ2) is 8.11. The van der Waals surface area contributed by atoms with Crippen LogP contribution in [0.2, 0.25) is 0 Å². The van der Waals surface area contributed by atoms with Crippen molar-refractivity contribution in [3.05, 3.63) is 47.3 Å². The highest BCUT2D eigenvalue weighted by Gasteiger charge is 2.06. The molecule has 0 aliphatic rings. The minimum Gasteiger partial charge on any atom is -0.358 e. The van der Waals surface area contributed by atoms with E-state index in [1.54, 1.807) is 0 Å². The Morgan fingerprint density at radius 3 is 2.52 bits per heavy atom. The van der Waals surface area contributed by atoms with Crippen molar-refractivity contribution < 1.29 is 0 Å². The molecule has 1 atom stereocenters. The van der Waals surface area contributed by atoms with E-state index >= 15 is 0 Å². The molecule has 0 bridgehead atoms. The number of aryl methyl sites for hydroxylation is 1. The number of hydrogen-bond donors (Lipinski definition) is 2. The topological polar surface area (TPSA) is 41.9 Å². The van der Waals surface area contributed by atoms with Gasteiger partial charge in [0.1, 0.15) is 0 Å². The Bertz CT molecular complexity index is 646. The molecular weight excluding hydrogens is 304 g/mol. The number of nitrogens with zero attached hydrogens (tertiary/aromatic N) is 2. The molecule has 0 amide bonds. The van der Waals surface area contributed by atoms with Gasteiger partial charge in [0.25, 0.3) is 0 Å². The van der Waals surface area contributed by atoms with Crippen molar-refractivity contribution in [2.75, 3.05) is 5.32 Å². The van der Waals surface area contributed by atoms with Crippen LogP contribution >= 0.6 is 12.2 Å². The summed E-state index contributed by atoms with van der Waals surface area (Å²) < 4.78 is 1.99. The summed E-state index contributed by atoms with van der Waals surface area (Å²) in [5.41, 5.74) is 4.72. The first-order valence-corrected chi connectivity index (χ1v) is 8.62. The Morgan fingerprint density at radius 2 is 1.96 bits per heavy atom. The van der Waals surface area contributed by atoms with E-state index in [1.807, 2.05) is 10.9 Å². The lowest BCUT2D eigenvalue weighted by atomic mass is 9.99. The average molecular weight is 331 g/mol. The van der Waals surface area contributed by atoms with Crippen LogP contribution in [0.4, 0.5) is 5.69 Å². The van der Waals surface area contributed by atoms with E-state index in [1.165, 1.54) is 16.8 Å². The molecule has 1 heterocycles. The summed E-state index contributed by atoms with van der Waals surface area (Å²) in [4.78, 5) is 0. The fraction of sp³-hybridized carbons (Fsp3) is 0.444. The maximum atomic E-state index is 5.37. The van der Waals surface area contributed by atoms with E-state index in [9.17, 15) is 0 Å².